The van der Waals surface area contributed by atoms with E-state index in [1.165, 1.54) is 5.01 Å². The van der Waals surface area contributed by atoms with Crippen LogP contribution in [0.1, 0.15) is 33.6 Å². The minimum atomic E-state index is -0.724. The minimum Gasteiger partial charge on any atom is -0.372 e. The summed E-state index contributed by atoms with van der Waals surface area (Å²) in [6.07, 6.45) is 0.608. The van der Waals surface area contributed by atoms with Gasteiger partial charge < -0.3 is 5.11 Å². The highest BCUT2D eigenvalue weighted by molar-refractivity contribution is 5.84. The van der Waals surface area contributed by atoms with Gasteiger partial charge in [-0.05, 0) is 18.6 Å². The van der Waals surface area contributed by atoms with Gasteiger partial charge in [0.2, 0.25) is 5.91 Å². The SMILES string of the molecule is CCC(C)(C)C(=O)N1C(O)CCN1c1ccccc1. The summed E-state index contributed by atoms with van der Waals surface area (Å²) in [5, 5.41) is 13.5. The number of para-hydroxylation sites is 1. The summed E-state index contributed by atoms with van der Waals surface area (Å²) in [6, 6.07) is 9.73. The number of aliphatic hydroxyl groups is 1. The molecule has 0 saturated carbocycles. The van der Waals surface area contributed by atoms with Gasteiger partial charge in [0.1, 0.15) is 6.23 Å². The predicted molar refractivity (Wildman–Crippen MR) is 75.3 cm³/mol. The first kappa shape index (κ1) is 13.9. The number of aliphatic hydroxyl groups excluding tert-OH is 1. The molecule has 0 bridgehead atoms. The lowest BCUT2D eigenvalue weighted by Gasteiger charge is -2.36. The van der Waals surface area contributed by atoms with Crippen LogP contribution in [-0.2, 0) is 4.79 Å². The fraction of sp³-hybridized carbons (Fsp3) is 0.533. The molecular formula is C15H22N2O2. The van der Waals surface area contributed by atoms with Crippen LogP contribution >= 0.6 is 0 Å². The molecule has 4 heteroatoms. The monoisotopic (exact) mass is 262 g/mol. The third kappa shape index (κ3) is 2.59. The van der Waals surface area contributed by atoms with Gasteiger partial charge in [0.25, 0.3) is 0 Å². The van der Waals surface area contributed by atoms with Crippen molar-refractivity contribution < 1.29 is 9.90 Å². The second-order valence-corrected chi connectivity index (χ2v) is 5.62. The van der Waals surface area contributed by atoms with E-state index in [0.29, 0.717) is 13.0 Å². The van der Waals surface area contributed by atoms with Crippen molar-refractivity contribution in [3.05, 3.63) is 30.3 Å². The third-order valence-corrected chi connectivity index (χ3v) is 3.87. The Kier molecular flexibility index (Phi) is 3.80. The molecule has 104 valence electrons. The number of hydrogen-bond donors (Lipinski definition) is 1. The van der Waals surface area contributed by atoms with Gasteiger partial charge in [-0.15, -0.1) is 0 Å². The zero-order valence-electron chi connectivity index (χ0n) is 11.8. The standard InChI is InChI=1S/C15H22N2O2/c1-4-15(2,3)14(19)17-13(18)10-11-16(17)12-8-6-5-7-9-12/h5-9,13,18H,4,10-11H2,1-3H3. The first-order chi connectivity index (χ1) is 8.97. The number of amides is 1. The molecule has 1 fully saturated rings. The number of rotatable bonds is 3. The molecule has 1 heterocycles. The predicted octanol–water partition coefficient (Wildman–Crippen LogP) is 2.39. The van der Waals surface area contributed by atoms with E-state index in [-0.39, 0.29) is 5.91 Å². The van der Waals surface area contributed by atoms with Gasteiger partial charge in [0.15, 0.2) is 0 Å². The van der Waals surface area contributed by atoms with E-state index in [4.69, 9.17) is 0 Å². The van der Waals surface area contributed by atoms with Crippen molar-refractivity contribution >= 4 is 11.6 Å². The average molecular weight is 262 g/mol. The minimum absolute atomic E-state index is 0.0242. The van der Waals surface area contributed by atoms with Crippen LogP contribution in [0.5, 0.6) is 0 Å². The summed E-state index contributed by atoms with van der Waals surface area (Å²) in [5.41, 5.74) is 0.484. The molecule has 0 spiro atoms. The smallest absolute Gasteiger partial charge is 0.249 e. The number of nitrogens with zero attached hydrogens (tertiary/aromatic N) is 2. The Balaban J connectivity index is 2.29. The van der Waals surface area contributed by atoms with E-state index in [1.54, 1.807) is 0 Å². The van der Waals surface area contributed by atoms with E-state index in [9.17, 15) is 9.90 Å². The number of carbonyl (C=O) groups is 1. The molecule has 1 aliphatic rings. The van der Waals surface area contributed by atoms with Crippen LogP contribution in [0.2, 0.25) is 0 Å². The fourth-order valence-electron chi connectivity index (χ4n) is 2.19. The summed E-state index contributed by atoms with van der Waals surface area (Å²) in [4.78, 5) is 12.6. The van der Waals surface area contributed by atoms with Crippen molar-refractivity contribution in [2.24, 2.45) is 5.41 Å². The topological polar surface area (TPSA) is 43.8 Å². The number of carbonyl (C=O) groups excluding carboxylic acids is 1. The van der Waals surface area contributed by atoms with Crippen LogP contribution in [0.25, 0.3) is 0 Å². The van der Waals surface area contributed by atoms with Crippen molar-refractivity contribution in [2.75, 3.05) is 11.6 Å². The third-order valence-electron chi connectivity index (χ3n) is 3.87. The van der Waals surface area contributed by atoms with Gasteiger partial charge in [-0.2, -0.15) is 0 Å². The maximum absolute atomic E-state index is 12.6. The van der Waals surface area contributed by atoms with E-state index >= 15 is 0 Å². The van der Waals surface area contributed by atoms with Gasteiger partial charge in [0.05, 0.1) is 5.69 Å². The van der Waals surface area contributed by atoms with Crippen LogP contribution in [-0.4, -0.2) is 28.8 Å². The average Bonchev–Trinajstić information content (AvgIpc) is 2.80. The second-order valence-electron chi connectivity index (χ2n) is 5.62. The Hall–Kier alpha value is -1.55. The molecule has 1 aliphatic heterocycles. The second kappa shape index (κ2) is 5.21. The summed E-state index contributed by atoms with van der Waals surface area (Å²) < 4.78 is 0. The molecule has 0 radical (unpaired) electrons. The molecule has 1 amide bonds. The molecule has 1 unspecified atom stereocenters. The molecule has 0 aromatic heterocycles. The van der Waals surface area contributed by atoms with E-state index in [1.807, 2.05) is 56.1 Å². The highest BCUT2D eigenvalue weighted by Crippen LogP contribution is 2.31. The molecule has 0 aliphatic carbocycles. The lowest BCUT2D eigenvalue weighted by Crippen LogP contribution is -2.50. The highest BCUT2D eigenvalue weighted by Gasteiger charge is 2.40. The van der Waals surface area contributed by atoms with Crippen LogP contribution in [0.3, 0.4) is 0 Å². The van der Waals surface area contributed by atoms with E-state index in [0.717, 1.165) is 12.1 Å². The van der Waals surface area contributed by atoms with Crippen LogP contribution < -0.4 is 5.01 Å². The maximum atomic E-state index is 12.6. The lowest BCUT2D eigenvalue weighted by atomic mass is 9.89. The summed E-state index contributed by atoms with van der Waals surface area (Å²) in [7, 11) is 0. The summed E-state index contributed by atoms with van der Waals surface area (Å²) in [6.45, 7) is 6.50. The van der Waals surface area contributed by atoms with Gasteiger partial charge in [-0.3, -0.25) is 9.80 Å². The summed E-state index contributed by atoms with van der Waals surface area (Å²) >= 11 is 0. The number of benzene rings is 1. The van der Waals surface area contributed by atoms with Crippen molar-refractivity contribution in [3.63, 3.8) is 0 Å². The van der Waals surface area contributed by atoms with Crippen molar-refractivity contribution in [2.45, 2.75) is 39.8 Å². The Labute approximate surface area is 114 Å². The number of hydrazine groups is 1. The number of hydrogen-bond acceptors (Lipinski definition) is 3. The Morgan fingerprint density at radius 2 is 2.00 bits per heavy atom. The number of anilines is 1. The lowest BCUT2D eigenvalue weighted by molar-refractivity contribution is -0.148. The first-order valence-corrected chi connectivity index (χ1v) is 6.81. The highest BCUT2D eigenvalue weighted by atomic mass is 16.3. The quantitative estimate of drug-likeness (QED) is 0.909. The molecule has 1 atom stereocenters. The Morgan fingerprint density at radius 3 is 2.58 bits per heavy atom. The van der Waals surface area contributed by atoms with Crippen molar-refractivity contribution in [1.82, 2.24) is 5.01 Å². The molecule has 19 heavy (non-hydrogen) atoms. The first-order valence-electron chi connectivity index (χ1n) is 6.81. The van der Waals surface area contributed by atoms with Crippen molar-refractivity contribution in [3.8, 4) is 0 Å². The van der Waals surface area contributed by atoms with Gasteiger partial charge in [0, 0.05) is 18.4 Å². The zero-order chi connectivity index (χ0) is 14.0. The molecule has 1 N–H and O–H groups in total. The normalized spacial score (nSPS) is 19.9. The van der Waals surface area contributed by atoms with Crippen LogP contribution in [0, 0.1) is 5.41 Å². The maximum Gasteiger partial charge on any atom is 0.249 e. The molecule has 1 aromatic rings. The molecule has 4 nitrogen and oxygen atoms in total. The van der Waals surface area contributed by atoms with Crippen LogP contribution in [0.15, 0.2) is 30.3 Å². The Bertz CT molecular complexity index is 445. The molecule has 2 rings (SSSR count). The molecular weight excluding hydrogens is 240 g/mol. The van der Waals surface area contributed by atoms with Gasteiger partial charge >= 0.3 is 0 Å². The largest absolute Gasteiger partial charge is 0.372 e. The fourth-order valence-corrected chi connectivity index (χ4v) is 2.19. The summed E-state index contributed by atoms with van der Waals surface area (Å²) in [5.74, 6) is -0.0242. The Morgan fingerprint density at radius 1 is 1.37 bits per heavy atom. The van der Waals surface area contributed by atoms with E-state index in [2.05, 4.69) is 0 Å². The van der Waals surface area contributed by atoms with Crippen molar-refractivity contribution in [1.29, 1.82) is 0 Å². The van der Waals surface area contributed by atoms with Gasteiger partial charge in [-0.1, -0.05) is 39.0 Å². The molecule has 1 saturated heterocycles. The zero-order valence-corrected chi connectivity index (χ0v) is 11.8. The van der Waals surface area contributed by atoms with E-state index < -0.39 is 11.6 Å². The van der Waals surface area contributed by atoms with Crippen LogP contribution in [0.4, 0.5) is 5.69 Å². The van der Waals surface area contributed by atoms with Gasteiger partial charge in [-0.25, -0.2) is 5.01 Å². The molecule has 1 aromatic carbocycles.